The molecule has 2 atom stereocenters. The molecule has 1 aromatic heterocycles. The van der Waals surface area contributed by atoms with Crippen LogP contribution in [0.2, 0.25) is 0 Å². The van der Waals surface area contributed by atoms with Gasteiger partial charge >= 0.3 is 6.03 Å². The number of likely N-dealkylation sites (N-methyl/N-ethyl adjacent to an activating group) is 1. The van der Waals surface area contributed by atoms with E-state index in [1.54, 1.807) is 38.1 Å². The van der Waals surface area contributed by atoms with Crippen LogP contribution in [0.5, 0.6) is 0 Å². The quantitative estimate of drug-likeness (QED) is 0.309. The molecule has 1 aromatic carbocycles. The fraction of sp³-hybridized carbons (Fsp3) is 0.533. The first-order valence-corrected chi connectivity index (χ1v) is 17.2. The molecule has 2 N–H and O–H groups in total. The number of hydrogen-bond acceptors (Lipinski definition) is 9. The molecular formula is C30H38N4O8S2. The zero-order chi connectivity index (χ0) is 31.7. The van der Waals surface area contributed by atoms with Gasteiger partial charge in [0.2, 0.25) is 11.8 Å². The Kier molecular flexibility index (Phi) is 9.17. The summed E-state index contributed by atoms with van der Waals surface area (Å²) in [4.78, 5) is 60.0. The first kappa shape index (κ1) is 32.1. The summed E-state index contributed by atoms with van der Waals surface area (Å²) >= 11 is 1.30. The van der Waals surface area contributed by atoms with Crippen molar-refractivity contribution in [2.75, 3.05) is 31.3 Å². The smallest absolute Gasteiger partial charge is 0.327 e. The Morgan fingerprint density at radius 2 is 1.89 bits per heavy atom. The summed E-state index contributed by atoms with van der Waals surface area (Å²) in [6, 6.07) is 10.1. The summed E-state index contributed by atoms with van der Waals surface area (Å²) in [6.45, 7) is 3.38. The lowest BCUT2D eigenvalue weighted by molar-refractivity contribution is -0.200. The van der Waals surface area contributed by atoms with Gasteiger partial charge in [-0.15, -0.1) is 11.3 Å². The summed E-state index contributed by atoms with van der Waals surface area (Å²) < 4.78 is 31.3. The highest BCUT2D eigenvalue weighted by Crippen LogP contribution is 2.47. The van der Waals surface area contributed by atoms with Crippen LogP contribution < -0.4 is 10.8 Å². The molecule has 0 aliphatic carbocycles. The second kappa shape index (κ2) is 12.6. The molecule has 0 saturated carbocycles. The number of benzene rings is 1. The summed E-state index contributed by atoms with van der Waals surface area (Å²) in [6.07, 6.45) is 3.23. The van der Waals surface area contributed by atoms with Gasteiger partial charge in [-0.1, -0.05) is 18.6 Å². The number of imide groups is 1. The van der Waals surface area contributed by atoms with Crippen molar-refractivity contribution in [3.63, 3.8) is 0 Å². The lowest BCUT2D eigenvalue weighted by Gasteiger charge is -2.35. The molecule has 4 heterocycles. The molecule has 3 saturated heterocycles. The molecule has 5 rings (SSSR count). The zero-order valence-electron chi connectivity index (χ0n) is 25.1. The number of anilines is 1. The predicted molar refractivity (Wildman–Crippen MR) is 164 cm³/mol. The molecule has 0 spiro atoms. The van der Waals surface area contributed by atoms with Gasteiger partial charge in [-0.05, 0) is 69.4 Å². The molecule has 0 bridgehead atoms. The maximum atomic E-state index is 13.6. The van der Waals surface area contributed by atoms with Gasteiger partial charge in [0, 0.05) is 35.5 Å². The maximum absolute atomic E-state index is 13.6. The Balaban J connectivity index is 1.31. The average molecular weight is 647 g/mol. The standard InChI is InChI=1S/C30H38N4O8S2/c1-29(2)27(37)34(28(38)33(29)3)19-25(36)31-21-10-8-9-20(17-21)22-12-13-23(43-22)30(14-5-7-16-44(30,39)40)18-24(35)32-42-26-11-4-6-15-41-26/h8-10,12-13,17,26H,4-7,11,14-16,18-19H2,1-3H3,(H,31,36)(H,32,35)/t26?,30-/m0/s1. The summed E-state index contributed by atoms with van der Waals surface area (Å²) in [5.74, 6) is -1.50. The summed E-state index contributed by atoms with van der Waals surface area (Å²) in [7, 11) is -2.14. The number of nitrogens with zero attached hydrogens (tertiary/aromatic N) is 2. The highest BCUT2D eigenvalue weighted by molar-refractivity contribution is 7.92. The van der Waals surface area contributed by atoms with E-state index in [-0.39, 0.29) is 12.2 Å². The van der Waals surface area contributed by atoms with Crippen molar-refractivity contribution >= 4 is 50.6 Å². The predicted octanol–water partition coefficient (Wildman–Crippen LogP) is 3.78. The maximum Gasteiger partial charge on any atom is 0.327 e. The van der Waals surface area contributed by atoms with E-state index in [2.05, 4.69) is 10.8 Å². The number of sulfone groups is 1. The molecule has 0 radical (unpaired) electrons. The number of carbonyl (C=O) groups excluding carboxylic acids is 4. The number of amides is 5. The first-order chi connectivity index (χ1) is 20.8. The summed E-state index contributed by atoms with van der Waals surface area (Å²) in [5.41, 5.74) is 2.58. The molecule has 14 heteroatoms. The van der Waals surface area contributed by atoms with Crippen LogP contribution in [-0.2, 0) is 38.5 Å². The summed E-state index contributed by atoms with van der Waals surface area (Å²) in [5, 5.41) is 2.75. The largest absolute Gasteiger partial charge is 0.350 e. The Morgan fingerprint density at radius 1 is 1.09 bits per heavy atom. The molecule has 44 heavy (non-hydrogen) atoms. The van der Waals surface area contributed by atoms with Gasteiger partial charge in [0.1, 0.15) is 16.8 Å². The van der Waals surface area contributed by atoms with E-state index >= 15 is 0 Å². The number of thiophene rings is 1. The minimum absolute atomic E-state index is 0.00335. The minimum atomic E-state index is -3.66. The highest BCUT2D eigenvalue weighted by Gasteiger charge is 2.50. The second-order valence-electron chi connectivity index (χ2n) is 12.0. The molecule has 2 aromatic rings. The Labute approximate surface area is 260 Å². The van der Waals surface area contributed by atoms with Gasteiger partial charge in [-0.2, -0.15) is 0 Å². The van der Waals surface area contributed by atoms with E-state index in [4.69, 9.17) is 9.57 Å². The van der Waals surface area contributed by atoms with Crippen molar-refractivity contribution in [2.45, 2.75) is 75.4 Å². The van der Waals surface area contributed by atoms with Crippen molar-refractivity contribution in [1.29, 1.82) is 0 Å². The van der Waals surface area contributed by atoms with Crippen LogP contribution in [0, 0.1) is 0 Å². The Hall–Kier alpha value is -3.33. The normalized spacial score (nSPS) is 24.8. The molecule has 3 aliphatic rings. The minimum Gasteiger partial charge on any atom is -0.350 e. The van der Waals surface area contributed by atoms with Crippen molar-refractivity contribution in [3.8, 4) is 10.4 Å². The van der Waals surface area contributed by atoms with Gasteiger partial charge in [0.15, 0.2) is 16.1 Å². The van der Waals surface area contributed by atoms with Crippen LogP contribution in [0.4, 0.5) is 10.5 Å². The van der Waals surface area contributed by atoms with Crippen LogP contribution >= 0.6 is 11.3 Å². The highest BCUT2D eigenvalue weighted by atomic mass is 32.2. The van der Waals surface area contributed by atoms with Gasteiger partial charge in [-0.25, -0.2) is 23.5 Å². The number of carbonyl (C=O) groups is 4. The molecule has 1 unspecified atom stereocenters. The number of hydroxylamine groups is 1. The van der Waals surface area contributed by atoms with Crippen LogP contribution in [0.15, 0.2) is 36.4 Å². The fourth-order valence-corrected chi connectivity index (χ4v) is 9.57. The third-order valence-corrected chi connectivity index (χ3v) is 12.7. The Bertz CT molecular complexity index is 1550. The SMILES string of the molecule is CN1C(=O)N(CC(=O)Nc2cccc(-c3ccc([C@@]4(CC(=O)NOC5CCCCO5)CCCCS4(=O)=O)s3)c2)C(=O)C1(C)C. The number of nitrogens with one attached hydrogen (secondary N) is 2. The van der Waals surface area contributed by atoms with E-state index in [0.717, 1.165) is 28.2 Å². The van der Waals surface area contributed by atoms with E-state index in [1.165, 1.54) is 23.3 Å². The zero-order valence-corrected chi connectivity index (χ0v) is 26.7. The van der Waals surface area contributed by atoms with Gasteiger partial charge in [-0.3, -0.25) is 19.3 Å². The average Bonchev–Trinajstić information content (AvgIpc) is 3.54. The number of ether oxygens (including phenoxy) is 1. The monoisotopic (exact) mass is 646 g/mol. The number of rotatable bonds is 9. The lowest BCUT2D eigenvalue weighted by atomic mass is 9.94. The van der Waals surface area contributed by atoms with E-state index in [9.17, 15) is 27.6 Å². The topological polar surface area (TPSA) is 151 Å². The van der Waals surface area contributed by atoms with Crippen LogP contribution in [0.3, 0.4) is 0 Å². The van der Waals surface area contributed by atoms with Crippen molar-refractivity contribution in [2.24, 2.45) is 0 Å². The third kappa shape index (κ3) is 6.25. The molecule has 238 valence electrons. The van der Waals surface area contributed by atoms with Gasteiger partial charge < -0.3 is 15.0 Å². The first-order valence-electron chi connectivity index (χ1n) is 14.7. The number of urea groups is 1. The molecule has 5 amide bonds. The molecule has 3 aliphatic heterocycles. The van der Waals surface area contributed by atoms with Crippen molar-refractivity contribution < 1.29 is 37.2 Å². The Morgan fingerprint density at radius 3 is 2.57 bits per heavy atom. The number of hydrogen-bond donors (Lipinski definition) is 2. The lowest BCUT2D eigenvalue weighted by Crippen LogP contribution is -2.45. The second-order valence-corrected chi connectivity index (χ2v) is 15.5. The molecular weight excluding hydrogens is 608 g/mol. The fourth-order valence-electron chi connectivity index (χ4n) is 5.80. The van der Waals surface area contributed by atoms with Gasteiger partial charge in [0.25, 0.3) is 5.91 Å². The van der Waals surface area contributed by atoms with E-state index in [1.807, 2.05) is 12.1 Å². The third-order valence-electron chi connectivity index (χ3n) is 8.64. The van der Waals surface area contributed by atoms with Crippen LogP contribution in [-0.4, -0.2) is 79.8 Å². The van der Waals surface area contributed by atoms with E-state index < -0.39 is 56.7 Å². The van der Waals surface area contributed by atoms with Gasteiger partial charge in [0.05, 0.1) is 12.2 Å². The van der Waals surface area contributed by atoms with Crippen molar-refractivity contribution in [3.05, 3.63) is 41.3 Å². The molecule has 3 fully saturated rings. The van der Waals surface area contributed by atoms with Crippen molar-refractivity contribution in [1.82, 2.24) is 15.3 Å². The van der Waals surface area contributed by atoms with Crippen LogP contribution in [0.25, 0.3) is 10.4 Å². The molecule has 12 nitrogen and oxygen atoms in total. The van der Waals surface area contributed by atoms with Crippen LogP contribution in [0.1, 0.15) is 63.7 Å². The van der Waals surface area contributed by atoms with E-state index in [0.29, 0.717) is 42.9 Å².